The van der Waals surface area contributed by atoms with Crippen LogP contribution in [0.15, 0.2) is 36.8 Å². The summed E-state index contributed by atoms with van der Waals surface area (Å²) in [6.07, 6.45) is 8.14. The van der Waals surface area contributed by atoms with Crippen molar-refractivity contribution in [3.8, 4) is 11.3 Å². The molecule has 1 fully saturated rings. The smallest absolute Gasteiger partial charge is 0.0938 e. The van der Waals surface area contributed by atoms with Crippen LogP contribution in [0.25, 0.3) is 11.3 Å². The molecule has 0 spiro atoms. The van der Waals surface area contributed by atoms with Crippen molar-refractivity contribution in [2.75, 3.05) is 13.1 Å². The van der Waals surface area contributed by atoms with E-state index in [-0.39, 0.29) is 0 Å². The maximum atomic E-state index is 4.64. The van der Waals surface area contributed by atoms with E-state index in [0.717, 1.165) is 24.3 Å². The van der Waals surface area contributed by atoms with Crippen molar-refractivity contribution >= 4 is 0 Å². The van der Waals surface area contributed by atoms with Gasteiger partial charge >= 0.3 is 0 Å². The molecule has 0 amide bonds. The van der Waals surface area contributed by atoms with E-state index in [2.05, 4.69) is 32.3 Å². The van der Waals surface area contributed by atoms with E-state index in [1.54, 1.807) is 6.20 Å². The summed E-state index contributed by atoms with van der Waals surface area (Å²) in [7, 11) is 0. The van der Waals surface area contributed by atoms with Crippen LogP contribution in [-0.2, 0) is 0 Å². The normalized spacial score (nSPS) is 20.4. The lowest BCUT2D eigenvalue weighted by molar-refractivity contribution is 0.347. The van der Waals surface area contributed by atoms with Crippen LogP contribution in [0.1, 0.15) is 18.9 Å². The van der Waals surface area contributed by atoms with E-state index in [4.69, 9.17) is 0 Å². The fourth-order valence-electron chi connectivity index (χ4n) is 2.27. The lowest BCUT2D eigenvalue weighted by Gasteiger charge is -2.22. The first-order valence-corrected chi connectivity index (χ1v) is 6.10. The summed E-state index contributed by atoms with van der Waals surface area (Å²) in [6.45, 7) is 2.15. The molecule has 4 nitrogen and oxygen atoms in total. The lowest BCUT2D eigenvalue weighted by atomic mass is 10.1. The number of hydrogen-bond acceptors (Lipinski definition) is 3. The Balaban J connectivity index is 1.83. The highest BCUT2D eigenvalue weighted by molar-refractivity contribution is 5.56. The van der Waals surface area contributed by atoms with Gasteiger partial charge in [-0.1, -0.05) is 0 Å². The summed E-state index contributed by atoms with van der Waals surface area (Å²) >= 11 is 0. The highest BCUT2D eigenvalue weighted by Crippen LogP contribution is 2.20. The lowest BCUT2D eigenvalue weighted by Crippen LogP contribution is -2.31. The third-order valence-corrected chi connectivity index (χ3v) is 3.21. The number of hydrogen-bond donors (Lipinski definition) is 1. The Bertz CT molecular complexity index is 471. The van der Waals surface area contributed by atoms with Gasteiger partial charge in [-0.25, -0.2) is 0 Å². The van der Waals surface area contributed by atoms with Crippen LogP contribution in [0.5, 0.6) is 0 Å². The fourth-order valence-corrected chi connectivity index (χ4v) is 2.27. The quantitative estimate of drug-likeness (QED) is 0.853. The molecule has 17 heavy (non-hydrogen) atoms. The fraction of sp³-hybridized carbons (Fsp3) is 0.385. The number of pyridine rings is 1. The predicted octanol–water partition coefficient (Wildman–Crippen LogP) is 1.87. The number of piperidine rings is 1. The molecular weight excluding hydrogens is 212 g/mol. The first kappa shape index (κ1) is 10.5. The van der Waals surface area contributed by atoms with Crippen LogP contribution >= 0.6 is 0 Å². The molecule has 4 heteroatoms. The largest absolute Gasteiger partial charge is 0.315 e. The van der Waals surface area contributed by atoms with Gasteiger partial charge < -0.3 is 5.32 Å². The third-order valence-electron chi connectivity index (χ3n) is 3.21. The molecule has 0 bridgehead atoms. The average molecular weight is 228 g/mol. The number of aromatic nitrogens is 3. The van der Waals surface area contributed by atoms with E-state index >= 15 is 0 Å². The van der Waals surface area contributed by atoms with E-state index in [1.807, 2.05) is 18.3 Å². The van der Waals surface area contributed by atoms with E-state index in [0.29, 0.717) is 6.04 Å². The summed E-state index contributed by atoms with van der Waals surface area (Å²) in [5, 5.41) is 8.05. The van der Waals surface area contributed by atoms with Gasteiger partial charge in [0.25, 0.3) is 0 Å². The molecule has 1 aliphatic heterocycles. The predicted molar refractivity (Wildman–Crippen MR) is 66.6 cm³/mol. The molecule has 0 aromatic carbocycles. The molecule has 1 atom stereocenters. The van der Waals surface area contributed by atoms with Gasteiger partial charge in [0.1, 0.15) is 0 Å². The van der Waals surface area contributed by atoms with Gasteiger partial charge in [0.2, 0.25) is 0 Å². The Kier molecular flexibility index (Phi) is 2.88. The van der Waals surface area contributed by atoms with Crippen LogP contribution in [0, 0.1) is 0 Å². The van der Waals surface area contributed by atoms with Crippen molar-refractivity contribution in [2.45, 2.75) is 18.9 Å². The van der Waals surface area contributed by atoms with Gasteiger partial charge in [0, 0.05) is 30.7 Å². The molecule has 1 saturated heterocycles. The van der Waals surface area contributed by atoms with Gasteiger partial charge in [-0.05, 0) is 37.6 Å². The van der Waals surface area contributed by atoms with E-state index in [9.17, 15) is 0 Å². The molecule has 1 N–H and O–H groups in total. The van der Waals surface area contributed by atoms with Crippen LogP contribution in [0.2, 0.25) is 0 Å². The van der Waals surface area contributed by atoms with Gasteiger partial charge in [0.15, 0.2) is 0 Å². The minimum atomic E-state index is 0.495. The van der Waals surface area contributed by atoms with Gasteiger partial charge in [-0.15, -0.1) is 0 Å². The van der Waals surface area contributed by atoms with Crippen LogP contribution in [0.4, 0.5) is 0 Å². The van der Waals surface area contributed by atoms with E-state index < -0.39 is 0 Å². The standard InChI is InChI=1S/C13H16N4/c1-3-11(9-14-6-1)13-5-8-17(16-13)12-4-2-7-15-10-12/h1,3,5-6,8-9,12,15H,2,4,7,10H2/t12-/m0/s1. The second-order valence-electron chi connectivity index (χ2n) is 4.42. The summed E-state index contributed by atoms with van der Waals surface area (Å²) in [5.74, 6) is 0. The van der Waals surface area contributed by atoms with Crippen molar-refractivity contribution in [2.24, 2.45) is 0 Å². The van der Waals surface area contributed by atoms with Crippen LogP contribution in [0.3, 0.4) is 0 Å². The zero-order chi connectivity index (χ0) is 11.5. The molecule has 88 valence electrons. The number of nitrogens with one attached hydrogen (secondary N) is 1. The van der Waals surface area contributed by atoms with Crippen molar-refractivity contribution in [1.29, 1.82) is 0 Å². The van der Waals surface area contributed by atoms with Gasteiger partial charge in [0.05, 0.1) is 11.7 Å². The van der Waals surface area contributed by atoms with Gasteiger partial charge in [-0.3, -0.25) is 9.67 Å². The molecule has 1 aliphatic rings. The van der Waals surface area contributed by atoms with Gasteiger partial charge in [-0.2, -0.15) is 5.10 Å². The summed E-state index contributed by atoms with van der Waals surface area (Å²) in [5.41, 5.74) is 2.08. The Morgan fingerprint density at radius 3 is 3.12 bits per heavy atom. The summed E-state index contributed by atoms with van der Waals surface area (Å²) < 4.78 is 2.08. The molecule has 3 rings (SSSR count). The van der Waals surface area contributed by atoms with E-state index in [1.165, 1.54) is 12.8 Å². The van der Waals surface area contributed by atoms with Crippen LogP contribution in [-0.4, -0.2) is 27.9 Å². The Labute approximate surface area is 101 Å². The minimum absolute atomic E-state index is 0.495. The summed E-state index contributed by atoms with van der Waals surface area (Å²) in [4.78, 5) is 4.12. The second kappa shape index (κ2) is 4.67. The molecule has 3 heterocycles. The molecule has 2 aromatic rings. The van der Waals surface area contributed by atoms with Crippen molar-refractivity contribution < 1.29 is 0 Å². The topological polar surface area (TPSA) is 42.7 Å². The molecule has 2 aromatic heterocycles. The van der Waals surface area contributed by atoms with Crippen LogP contribution < -0.4 is 5.32 Å². The Hall–Kier alpha value is -1.68. The highest BCUT2D eigenvalue weighted by Gasteiger charge is 2.15. The van der Waals surface area contributed by atoms with Crippen molar-refractivity contribution in [1.82, 2.24) is 20.1 Å². The first-order chi connectivity index (χ1) is 8.43. The zero-order valence-corrected chi connectivity index (χ0v) is 9.71. The number of rotatable bonds is 2. The molecule has 0 aliphatic carbocycles. The van der Waals surface area contributed by atoms with Crippen molar-refractivity contribution in [3.63, 3.8) is 0 Å². The maximum Gasteiger partial charge on any atom is 0.0938 e. The maximum absolute atomic E-state index is 4.64. The highest BCUT2D eigenvalue weighted by atomic mass is 15.3. The number of nitrogens with zero attached hydrogens (tertiary/aromatic N) is 3. The monoisotopic (exact) mass is 228 g/mol. The Morgan fingerprint density at radius 2 is 2.35 bits per heavy atom. The minimum Gasteiger partial charge on any atom is -0.315 e. The summed E-state index contributed by atoms with van der Waals surface area (Å²) in [6, 6.07) is 6.54. The van der Waals surface area contributed by atoms with Crippen molar-refractivity contribution in [3.05, 3.63) is 36.8 Å². The Morgan fingerprint density at radius 1 is 1.35 bits per heavy atom. The molecule has 0 radical (unpaired) electrons. The molecule has 0 unspecified atom stereocenters. The first-order valence-electron chi connectivity index (χ1n) is 6.10. The molecular formula is C13H16N4. The zero-order valence-electron chi connectivity index (χ0n) is 9.71. The third kappa shape index (κ3) is 2.22. The average Bonchev–Trinajstić information content (AvgIpc) is 2.90. The second-order valence-corrected chi connectivity index (χ2v) is 4.42. The SMILES string of the molecule is c1cncc(-c2ccn([C@H]3CCCNC3)n2)c1. The molecule has 0 saturated carbocycles.